The fraction of sp³-hybridized carbons (Fsp3) is 0.438. The normalized spacial score (nSPS) is 16.2. The zero-order valence-corrected chi connectivity index (χ0v) is 12.4. The molecule has 6 heteroatoms. The quantitative estimate of drug-likeness (QED) is 0.892. The zero-order valence-electron chi connectivity index (χ0n) is 12.4. The van der Waals surface area contributed by atoms with Gasteiger partial charge in [0.05, 0.1) is 6.20 Å². The third-order valence-electron chi connectivity index (χ3n) is 4.16. The van der Waals surface area contributed by atoms with E-state index in [4.69, 9.17) is 0 Å². The van der Waals surface area contributed by atoms with Gasteiger partial charge in [-0.25, -0.2) is 8.78 Å². The molecule has 2 N–H and O–H groups in total. The number of aromatic nitrogens is 2. The minimum absolute atomic E-state index is 0.480. The van der Waals surface area contributed by atoms with Crippen molar-refractivity contribution < 1.29 is 8.78 Å². The third kappa shape index (κ3) is 3.62. The van der Waals surface area contributed by atoms with Gasteiger partial charge in [0.2, 0.25) is 0 Å². The summed E-state index contributed by atoms with van der Waals surface area (Å²) in [6.07, 6.45) is 6.72. The SMILES string of the molecule is Fc1ccc(N2CCC(NCCc3cn[nH]c3)CC2)cc1F. The number of benzene rings is 1. The summed E-state index contributed by atoms with van der Waals surface area (Å²) in [5.41, 5.74) is 1.96. The first-order chi connectivity index (χ1) is 10.7. The minimum Gasteiger partial charge on any atom is -0.371 e. The molecule has 22 heavy (non-hydrogen) atoms. The molecule has 2 heterocycles. The van der Waals surface area contributed by atoms with Gasteiger partial charge in [-0.3, -0.25) is 5.10 Å². The van der Waals surface area contributed by atoms with Crippen LogP contribution in [0.4, 0.5) is 14.5 Å². The Hall–Kier alpha value is -1.95. The van der Waals surface area contributed by atoms with Gasteiger partial charge in [0.15, 0.2) is 11.6 Å². The predicted molar refractivity (Wildman–Crippen MR) is 81.9 cm³/mol. The van der Waals surface area contributed by atoms with Crippen LogP contribution in [0.3, 0.4) is 0 Å². The number of hydrogen-bond acceptors (Lipinski definition) is 3. The lowest BCUT2D eigenvalue weighted by molar-refractivity contribution is 0.417. The molecule has 0 saturated carbocycles. The van der Waals surface area contributed by atoms with Crippen LogP contribution in [0.25, 0.3) is 0 Å². The fourth-order valence-electron chi connectivity index (χ4n) is 2.86. The average molecular weight is 306 g/mol. The van der Waals surface area contributed by atoms with Crippen LogP contribution >= 0.6 is 0 Å². The molecule has 4 nitrogen and oxygen atoms in total. The topological polar surface area (TPSA) is 44.0 Å². The van der Waals surface area contributed by atoms with Crippen LogP contribution in [-0.4, -0.2) is 35.9 Å². The van der Waals surface area contributed by atoms with Crippen LogP contribution in [-0.2, 0) is 6.42 Å². The molecule has 0 unspecified atom stereocenters. The Morgan fingerprint density at radius 1 is 1.23 bits per heavy atom. The summed E-state index contributed by atoms with van der Waals surface area (Å²) in [5, 5.41) is 10.3. The van der Waals surface area contributed by atoms with E-state index in [1.807, 2.05) is 12.4 Å². The number of piperidine rings is 1. The maximum atomic E-state index is 13.3. The maximum absolute atomic E-state index is 13.3. The van der Waals surface area contributed by atoms with Gasteiger partial charge in [-0.15, -0.1) is 0 Å². The molecule has 118 valence electrons. The molecule has 0 radical (unpaired) electrons. The van der Waals surface area contributed by atoms with Crippen molar-refractivity contribution in [3.05, 3.63) is 47.8 Å². The second-order valence-corrected chi connectivity index (χ2v) is 5.67. The molecule has 1 aliphatic rings. The van der Waals surface area contributed by atoms with Gasteiger partial charge in [0, 0.05) is 37.1 Å². The van der Waals surface area contributed by atoms with Crippen LogP contribution in [0, 0.1) is 11.6 Å². The molecule has 2 aromatic rings. The van der Waals surface area contributed by atoms with E-state index in [0.717, 1.165) is 44.6 Å². The Kier molecular flexibility index (Phi) is 4.68. The first-order valence-electron chi connectivity index (χ1n) is 7.63. The molecule has 1 saturated heterocycles. The van der Waals surface area contributed by atoms with Crippen molar-refractivity contribution in [2.24, 2.45) is 0 Å². The number of rotatable bonds is 5. The van der Waals surface area contributed by atoms with Crippen LogP contribution in [0.5, 0.6) is 0 Å². The van der Waals surface area contributed by atoms with E-state index in [1.54, 1.807) is 6.07 Å². The number of H-pyrrole nitrogens is 1. The van der Waals surface area contributed by atoms with Crippen molar-refractivity contribution in [2.75, 3.05) is 24.5 Å². The Morgan fingerprint density at radius 2 is 2.05 bits per heavy atom. The monoisotopic (exact) mass is 306 g/mol. The van der Waals surface area contributed by atoms with E-state index in [2.05, 4.69) is 20.4 Å². The molecule has 1 aromatic heterocycles. The second kappa shape index (κ2) is 6.87. The molecule has 0 atom stereocenters. The standard InChI is InChI=1S/C16H20F2N4/c17-15-2-1-14(9-16(15)18)22-7-4-13(5-8-22)19-6-3-12-10-20-21-11-12/h1-2,9-11,13,19H,3-8H2,(H,20,21). The van der Waals surface area contributed by atoms with Gasteiger partial charge < -0.3 is 10.2 Å². The molecule has 0 bridgehead atoms. The minimum atomic E-state index is -0.792. The van der Waals surface area contributed by atoms with E-state index >= 15 is 0 Å². The third-order valence-corrected chi connectivity index (χ3v) is 4.16. The molecule has 3 rings (SSSR count). The first-order valence-corrected chi connectivity index (χ1v) is 7.63. The number of halogens is 2. The van der Waals surface area contributed by atoms with E-state index in [-0.39, 0.29) is 0 Å². The number of aromatic amines is 1. The Morgan fingerprint density at radius 3 is 2.73 bits per heavy atom. The van der Waals surface area contributed by atoms with E-state index in [1.165, 1.54) is 17.7 Å². The fourth-order valence-corrected chi connectivity index (χ4v) is 2.86. The Bertz CT molecular complexity index is 592. The van der Waals surface area contributed by atoms with Crippen molar-refractivity contribution in [3.8, 4) is 0 Å². The molecule has 0 aliphatic carbocycles. The van der Waals surface area contributed by atoms with Crippen LogP contribution in [0.1, 0.15) is 18.4 Å². The summed E-state index contributed by atoms with van der Waals surface area (Å²) in [6, 6.07) is 4.60. The first kappa shape index (κ1) is 15.0. The lowest BCUT2D eigenvalue weighted by atomic mass is 10.0. The van der Waals surface area contributed by atoms with Gasteiger partial charge in [-0.2, -0.15) is 5.10 Å². The van der Waals surface area contributed by atoms with Gasteiger partial charge in [0.1, 0.15) is 0 Å². The van der Waals surface area contributed by atoms with Crippen molar-refractivity contribution in [1.29, 1.82) is 0 Å². The lowest BCUT2D eigenvalue weighted by Gasteiger charge is -2.34. The van der Waals surface area contributed by atoms with Gasteiger partial charge in [0.25, 0.3) is 0 Å². The molecule has 1 aromatic carbocycles. The van der Waals surface area contributed by atoms with E-state index < -0.39 is 11.6 Å². The highest BCUT2D eigenvalue weighted by atomic mass is 19.2. The van der Waals surface area contributed by atoms with E-state index in [9.17, 15) is 8.78 Å². The second-order valence-electron chi connectivity index (χ2n) is 5.67. The molecule has 0 amide bonds. The van der Waals surface area contributed by atoms with Crippen molar-refractivity contribution in [1.82, 2.24) is 15.5 Å². The number of nitrogens with one attached hydrogen (secondary N) is 2. The van der Waals surface area contributed by atoms with E-state index in [0.29, 0.717) is 6.04 Å². The van der Waals surface area contributed by atoms with Crippen LogP contribution in [0.2, 0.25) is 0 Å². The molecule has 0 spiro atoms. The summed E-state index contributed by atoms with van der Waals surface area (Å²) in [6.45, 7) is 2.64. The van der Waals surface area contributed by atoms with Crippen molar-refractivity contribution in [3.63, 3.8) is 0 Å². The molecular weight excluding hydrogens is 286 g/mol. The Balaban J connectivity index is 1.44. The average Bonchev–Trinajstić information content (AvgIpc) is 3.04. The molecule has 1 aliphatic heterocycles. The Labute approximate surface area is 128 Å². The van der Waals surface area contributed by atoms with Crippen molar-refractivity contribution >= 4 is 5.69 Å². The van der Waals surface area contributed by atoms with Crippen molar-refractivity contribution in [2.45, 2.75) is 25.3 Å². The van der Waals surface area contributed by atoms with Gasteiger partial charge in [-0.1, -0.05) is 0 Å². The van der Waals surface area contributed by atoms with Gasteiger partial charge >= 0.3 is 0 Å². The maximum Gasteiger partial charge on any atom is 0.160 e. The smallest absolute Gasteiger partial charge is 0.160 e. The lowest BCUT2D eigenvalue weighted by Crippen LogP contribution is -2.43. The highest BCUT2D eigenvalue weighted by molar-refractivity contribution is 5.47. The summed E-state index contributed by atoms with van der Waals surface area (Å²) in [4.78, 5) is 2.11. The summed E-state index contributed by atoms with van der Waals surface area (Å²) in [5.74, 6) is -1.57. The summed E-state index contributed by atoms with van der Waals surface area (Å²) < 4.78 is 26.3. The summed E-state index contributed by atoms with van der Waals surface area (Å²) >= 11 is 0. The highest BCUT2D eigenvalue weighted by Crippen LogP contribution is 2.22. The number of hydrogen-bond donors (Lipinski definition) is 2. The zero-order chi connectivity index (χ0) is 15.4. The van der Waals surface area contributed by atoms with Crippen LogP contribution < -0.4 is 10.2 Å². The molecular formula is C16H20F2N4. The molecule has 1 fully saturated rings. The predicted octanol–water partition coefficient (Wildman–Crippen LogP) is 2.49. The van der Waals surface area contributed by atoms with Crippen LogP contribution in [0.15, 0.2) is 30.6 Å². The highest BCUT2D eigenvalue weighted by Gasteiger charge is 2.19. The number of nitrogens with zero attached hydrogens (tertiary/aromatic N) is 2. The summed E-state index contributed by atoms with van der Waals surface area (Å²) in [7, 11) is 0. The largest absolute Gasteiger partial charge is 0.371 e. The van der Waals surface area contributed by atoms with Gasteiger partial charge in [-0.05, 0) is 43.5 Å². The number of anilines is 1.